The molecular weight excluding hydrogens is 336 g/mol. The van der Waals surface area contributed by atoms with Crippen molar-refractivity contribution in [3.8, 4) is 9.75 Å². The van der Waals surface area contributed by atoms with E-state index >= 15 is 0 Å². The zero-order valence-corrected chi connectivity index (χ0v) is 14.3. The second-order valence-electron chi connectivity index (χ2n) is 4.73. The molecule has 0 radical (unpaired) electrons. The summed E-state index contributed by atoms with van der Waals surface area (Å²) in [6.07, 6.45) is 0. The lowest BCUT2D eigenvalue weighted by molar-refractivity contribution is -0.140. The Morgan fingerprint density at radius 1 is 1.36 bits per heavy atom. The van der Waals surface area contributed by atoms with Crippen molar-refractivity contribution in [3.05, 3.63) is 45.8 Å². The maximum absolute atomic E-state index is 12.1. The average Bonchev–Trinajstić information content (AvgIpc) is 3.16. The predicted molar refractivity (Wildman–Crippen MR) is 93.9 cm³/mol. The van der Waals surface area contributed by atoms with Crippen LogP contribution in [-0.4, -0.2) is 17.6 Å². The fraction of sp³-hybridized carbons (Fsp3) is 0.200. The van der Waals surface area contributed by atoms with Crippen LogP contribution in [-0.2, 0) is 16.1 Å². The zero-order chi connectivity index (χ0) is 15.5. The van der Waals surface area contributed by atoms with Crippen molar-refractivity contribution in [3.63, 3.8) is 0 Å². The Hall–Kier alpha value is -1.70. The molecule has 0 fully saturated rings. The second-order valence-corrected chi connectivity index (χ2v) is 7.25. The summed E-state index contributed by atoms with van der Waals surface area (Å²) in [5, 5.41) is 8.45. The summed E-state index contributed by atoms with van der Waals surface area (Å²) in [6, 6.07) is 8.18. The van der Waals surface area contributed by atoms with Crippen molar-refractivity contribution < 1.29 is 9.53 Å². The van der Waals surface area contributed by atoms with Gasteiger partial charge in [0.15, 0.2) is 5.11 Å². The standard InChI is InChI=1S/C15H14N2O2S3/c1-9-11(7-16-15(20)17-9)14(18)19-8-10-4-5-13(22-10)12-3-2-6-21-12/h2-6H,7-8H2,1H3,(H2,16,17,20). The van der Waals surface area contributed by atoms with E-state index < -0.39 is 0 Å². The van der Waals surface area contributed by atoms with E-state index in [1.807, 2.05) is 19.1 Å². The summed E-state index contributed by atoms with van der Waals surface area (Å²) in [5.74, 6) is -0.314. The van der Waals surface area contributed by atoms with E-state index in [1.165, 1.54) is 9.75 Å². The molecule has 0 atom stereocenters. The van der Waals surface area contributed by atoms with Gasteiger partial charge in [0.2, 0.25) is 0 Å². The molecule has 0 amide bonds. The van der Waals surface area contributed by atoms with Crippen LogP contribution >= 0.6 is 34.9 Å². The Morgan fingerprint density at radius 3 is 2.95 bits per heavy atom. The molecule has 2 aromatic heterocycles. The summed E-state index contributed by atoms with van der Waals surface area (Å²) < 4.78 is 5.40. The minimum atomic E-state index is -0.314. The van der Waals surface area contributed by atoms with Gasteiger partial charge < -0.3 is 15.4 Å². The van der Waals surface area contributed by atoms with Crippen molar-refractivity contribution in [2.24, 2.45) is 0 Å². The SMILES string of the molecule is CC1=C(C(=O)OCc2ccc(-c3cccs3)s2)CNC(=S)N1. The van der Waals surface area contributed by atoms with E-state index in [1.54, 1.807) is 22.7 Å². The molecule has 2 N–H and O–H groups in total. The molecule has 22 heavy (non-hydrogen) atoms. The maximum Gasteiger partial charge on any atom is 0.337 e. The Balaban J connectivity index is 1.62. The van der Waals surface area contributed by atoms with E-state index in [-0.39, 0.29) is 12.6 Å². The van der Waals surface area contributed by atoms with E-state index in [2.05, 4.69) is 28.1 Å². The van der Waals surface area contributed by atoms with Gasteiger partial charge in [0.25, 0.3) is 0 Å². The summed E-state index contributed by atoms with van der Waals surface area (Å²) in [7, 11) is 0. The number of hydrogen-bond acceptors (Lipinski definition) is 5. The lowest BCUT2D eigenvalue weighted by Gasteiger charge is -2.20. The molecule has 0 saturated carbocycles. The van der Waals surface area contributed by atoms with E-state index in [9.17, 15) is 4.79 Å². The third-order valence-corrected chi connectivity index (χ3v) is 5.57. The lowest BCUT2D eigenvalue weighted by Crippen LogP contribution is -2.42. The molecule has 4 nitrogen and oxygen atoms in total. The van der Waals surface area contributed by atoms with E-state index in [0.29, 0.717) is 17.2 Å². The molecule has 0 unspecified atom stereocenters. The van der Waals surface area contributed by atoms with Crippen LogP contribution in [0.15, 0.2) is 40.9 Å². The minimum Gasteiger partial charge on any atom is -0.457 e. The van der Waals surface area contributed by atoms with Gasteiger partial charge in [-0.3, -0.25) is 0 Å². The Kier molecular flexibility index (Phi) is 4.56. The minimum absolute atomic E-state index is 0.288. The predicted octanol–water partition coefficient (Wildman–Crippen LogP) is 3.27. The van der Waals surface area contributed by atoms with E-state index in [0.717, 1.165) is 10.6 Å². The highest BCUT2D eigenvalue weighted by atomic mass is 32.1. The molecule has 0 bridgehead atoms. The van der Waals surface area contributed by atoms with Crippen LogP contribution in [0, 0.1) is 0 Å². The highest BCUT2D eigenvalue weighted by Gasteiger charge is 2.19. The molecule has 0 spiro atoms. The molecule has 1 aliphatic rings. The monoisotopic (exact) mass is 350 g/mol. The van der Waals surface area contributed by atoms with Crippen LogP contribution in [0.5, 0.6) is 0 Å². The van der Waals surface area contributed by atoms with Gasteiger partial charge >= 0.3 is 5.97 Å². The quantitative estimate of drug-likeness (QED) is 0.655. The number of nitrogens with one attached hydrogen (secondary N) is 2. The molecule has 1 aliphatic heterocycles. The van der Waals surface area contributed by atoms with Gasteiger partial charge in [-0.05, 0) is 42.7 Å². The molecule has 7 heteroatoms. The highest BCUT2D eigenvalue weighted by molar-refractivity contribution is 7.80. The van der Waals surface area contributed by atoms with Crippen LogP contribution in [0.3, 0.4) is 0 Å². The van der Waals surface area contributed by atoms with Crippen LogP contribution in [0.25, 0.3) is 9.75 Å². The number of carbonyl (C=O) groups is 1. The number of thiophene rings is 2. The Morgan fingerprint density at radius 2 is 2.23 bits per heavy atom. The number of rotatable bonds is 4. The topological polar surface area (TPSA) is 50.4 Å². The van der Waals surface area contributed by atoms with Gasteiger partial charge in [0, 0.05) is 20.3 Å². The number of esters is 1. The van der Waals surface area contributed by atoms with Crippen molar-refractivity contribution in [2.75, 3.05) is 6.54 Å². The second kappa shape index (κ2) is 6.60. The van der Waals surface area contributed by atoms with Gasteiger partial charge in [-0.15, -0.1) is 22.7 Å². The van der Waals surface area contributed by atoms with Crippen LogP contribution < -0.4 is 10.6 Å². The summed E-state index contributed by atoms with van der Waals surface area (Å²) in [6.45, 7) is 2.52. The first-order valence-electron chi connectivity index (χ1n) is 6.68. The lowest BCUT2D eigenvalue weighted by atomic mass is 10.2. The smallest absolute Gasteiger partial charge is 0.337 e. The number of ether oxygens (including phenoxy) is 1. The van der Waals surface area contributed by atoms with Gasteiger partial charge in [-0.25, -0.2) is 4.79 Å². The number of carbonyl (C=O) groups excluding carboxylic acids is 1. The summed E-state index contributed by atoms with van der Waals surface area (Å²) >= 11 is 8.35. The number of hydrogen-bond donors (Lipinski definition) is 2. The van der Waals surface area contributed by atoms with Crippen molar-refractivity contribution in [1.82, 2.24) is 10.6 Å². The van der Waals surface area contributed by atoms with Crippen LogP contribution in [0.2, 0.25) is 0 Å². The van der Waals surface area contributed by atoms with Crippen molar-refractivity contribution in [1.29, 1.82) is 0 Å². The molecule has 0 aliphatic carbocycles. The fourth-order valence-corrected chi connectivity index (χ4v) is 4.03. The van der Waals surface area contributed by atoms with Gasteiger partial charge in [-0.1, -0.05) is 6.07 Å². The molecular formula is C15H14N2O2S3. The molecule has 114 valence electrons. The normalized spacial score (nSPS) is 14.5. The summed E-state index contributed by atoms with van der Waals surface area (Å²) in [4.78, 5) is 15.6. The van der Waals surface area contributed by atoms with Crippen LogP contribution in [0.1, 0.15) is 11.8 Å². The third-order valence-electron chi connectivity index (χ3n) is 3.20. The molecule has 0 saturated heterocycles. The first-order chi connectivity index (χ1) is 10.6. The first-order valence-corrected chi connectivity index (χ1v) is 8.78. The fourth-order valence-electron chi connectivity index (χ4n) is 2.05. The first kappa shape index (κ1) is 15.2. The average molecular weight is 350 g/mol. The largest absolute Gasteiger partial charge is 0.457 e. The molecule has 3 rings (SSSR count). The summed E-state index contributed by atoms with van der Waals surface area (Å²) in [5.41, 5.74) is 1.34. The number of thiocarbonyl (C=S) groups is 1. The highest BCUT2D eigenvalue weighted by Crippen LogP contribution is 2.31. The number of allylic oxidation sites excluding steroid dienone is 1. The maximum atomic E-state index is 12.1. The van der Waals surface area contributed by atoms with Gasteiger partial charge in [-0.2, -0.15) is 0 Å². The molecule has 2 aromatic rings. The third kappa shape index (κ3) is 3.37. The van der Waals surface area contributed by atoms with Crippen molar-refractivity contribution >= 4 is 46.0 Å². The van der Waals surface area contributed by atoms with Crippen LogP contribution in [0.4, 0.5) is 0 Å². The van der Waals surface area contributed by atoms with Gasteiger partial charge in [0.1, 0.15) is 6.61 Å². The molecule has 0 aromatic carbocycles. The Labute approximate surface area is 141 Å². The van der Waals surface area contributed by atoms with E-state index in [4.69, 9.17) is 17.0 Å². The Bertz CT molecular complexity index is 732. The van der Waals surface area contributed by atoms with Crippen molar-refractivity contribution in [2.45, 2.75) is 13.5 Å². The zero-order valence-electron chi connectivity index (χ0n) is 11.8. The van der Waals surface area contributed by atoms with Gasteiger partial charge in [0.05, 0.1) is 12.1 Å². The molecule has 3 heterocycles.